The van der Waals surface area contributed by atoms with Crippen molar-refractivity contribution in [2.45, 2.75) is 6.92 Å². The van der Waals surface area contributed by atoms with Gasteiger partial charge in [0.2, 0.25) is 0 Å². The second-order valence-corrected chi connectivity index (χ2v) is 1.86. The standard InChI is InChI=1S/C5H8O2.C3H3N.C3H4/c1-4(2)5(6)7-3;1-2-3-4;1-3-2/h1H2,2-3H3;2H,1H2;1-2H2. The maximum Gasteiger partial charge on any atom is 0.332 e. The van der Waals surface area contributed by atoms with Gasteiger partial charge in [0.05, 0.1) is 13.2 Å². The summed E-state index contributed by atoms with van der Waals surface area (Å²) in [4.78, 5) is 10.2. The molecule has 14 heavy (non-hydrogen) atoms. The van der Waals surface area contributed by atoms with Gasteiger partial charge in [0.1, 0.15) is 0 Å². The van der Waals surface area contributed by atoms with Gasteiger partial charge in [0, 0.05) is 11.6 Å². The van der Waals surface area contributed by atoms with Gasteiger partial charge in [-0.05, 0) is 6.92 Å². The summed E-state index contributed by atoms with van der Waals surface area (Å²) < 4.78 is 4.27. The van der Waals surface area contributed by atoms with Crippen LogP contribution in [0.15, 0.2) is 43.7 Å². The van der Waals surface area contributed by atoms with E-state index in [1.54, 1.807) is 13.0 Å². The number of carbonyl (C=O) groups is 1. The van der Waals surface area contributed by atoms with E-state index >= 15 is 0 Å². The highest BCUT2D eigenvalue weighted by Crippen LogP contribution is 1.87. The van der Waals surface area contributed by atoms with Crippen molar-refractivity contribution in [1.29, 1.82) is 5.26 Å². The van der Waals surface area contributed by atoms with E-state index in [4.69, 9.17) is 5.26 Å². The number of hydrogen-bond donors (Lipinski definition) is 0. The molecule has 0 bridgehead atoms. The van der Waals surface area contributed by atoms with Gasteiger partial charge in [-0.1, -0.05) is 26.3 Å². The molecule has 0 heterocycles. The Hall–Kier alpha value is -2.04. The molecular formula is C11H15NO2. The van der Waals surface area contributed by atoms with Gasteiger partial charge >= 0.3 is 5.97 Å². The molecule has 0 saturated carbocycles. The number of carbonyl (C=O) groups excluding carboxylic acids is 1. The van der Waals surface area contributed by atoms with Crippen LogP contribution in [0, 0.1) is 11.3 Å². The fourth-order valence-electron chi connectivity index (χ4n) is 0.174. The number of nitrogens with zero attached hydrogens (tertiary/aromatic N) is 1. The van der Waals surface area contributed by atoms with E-state index in [1.807, 2.05) is 0 Å². The van der Waals surface area contributed by atoms with Gasteiger partial charge in [0.25, 0.3) is 0 Å². The van der Waals surface area contributed by atoms with Gasteiger partial charge in [-0.25, -0.2) is 4.79 Å². The first-order valence-corrected chi connectivity index (χ1v) is 3.55. The van der Waals surface area contributed by atoms with Crippen LogP contribution in [0.1, 0.15) is 6.92 Å². The number of allylic oxidation sites excluding steroid dienone is 1. The first kappa shape index (κ1) is 17.9. The Bertz CT molecular complexity index is 253. The average molecular weight is 193 g/mol. The zero-order valence-electron chi connectivity index (χ0n) is 8.67. The quantitative estimate of drug-likeness (QED) is 0.278. The number of rotatable bonds is 1. The molecule has 3 heteroatoms. The zero-order chi connectivity index (χ0) is 12.0. The molecule has 0 aromatic heterocycles. The van der Waals surface area contributed by atoms with Crippen molar-refractivity contribution in [1.82, 2.24) is 0 Å². The molecule has 0 aromatic rings. The summed E-state index contributed by atoms with van der Waals surface area (Å²) in [5.41, 5.74) is 2.68. The van der Waals surface area contributed by atoms with Crippen molar-refractivity contribution in [2.75, 3.05) is 7.11 Å². The zero-order valence-corrected chi connectivity index (χ0v) is 8.67. The molecule has 0 rings (SSSR count). The highest BCUT2D eigenvalue weighted by molar-refractivity contribution is 5.86. The highest BCUT2D eigenvalue weighted by Gasteiger charge is 1.95. The minimum Gasteiger partial charge on any atom is -0.466 e. The molecule has 0 amide bonds. The summed E-state index contributed by atoms with van der Waals surface area (Å²) in [6.45, 7) is 14.3. The Morgan fingerprint density at radius 2 is 1.79 bits per heavy atom. The molecule has 0 saturated heterocycles. The van der Waals surface area contributed by atoms with Crippen molar-refractivity contribution < 1.29 is 9.53 Å². The van der Waals surface area contributed by atoms with Crippen molar-refractivity contribution in [3.63, 3.8) is 0 Å². The van der Waals surface area contributed by atoms with E-state index in [-0.39, 0.29) is 5.97 Å². The average Bonchev–Trinajstić information content (AvgIpc) is 2.18. The van der Waals surface area contributed by atoms with Crippen LogP contribution < -0.4 is 0 Å². The predicted octanol–water partition coefficient (Wildman–Crippen LogP) is 2.39. The van der Waals surface area contributed by atoms with Crippen LogP contribution in [0.2, 0.25) is 0 Å². The summed E-state index contributed by atoms with van der Waals surface area (Å²) in [5.74, 6) is -0.347. The molecule has 0 atom stereocenters. The normalized spacial score (nSPS) is 5.50. The van der Waals surface area contributed by atoms with Crippen LogP contribution >= 0.6 is 0 Å². The Balaban J connectivity index is -0.000000147. The summed E-state index contributed by atoms with van der Waals surface area (Å²) in [6.07, 6.45) is 1.18. The molecule has 0 fully saturated rings. The van der Waals surface area contributed by atoms with E-state index in [0.717, 1.165) is 0 Å². The van der Waals surface area contributed by atoms with Gasteiger partial charge in [-0.3, -0.25) is 0 Å². The van der Waals surface area contributed by atoms with Crippen molar-refractivity contribution in [3.05, 3.63) is 43.7 Å². The summed E-state index contributed by atoms with van der Waals surface area (Å²) >= 11 is 0. The second-order valence-electron chi connectivity index (χ2n) is 1.86. The first-order chi connectivity index (χ1) is 6.51. The third-order valence-corrected chi connectivity index (χ3v) is 0.625. The minimum absolute atomic E-state index is 0.347. The summed E-state index contributed by atoms with van der Waals surface area (Å²) in [7, 11) is 1.33. The fourth-order valence-corrected chi connectivity index (χ4v) is 0.174. The highest BCUT2D eigenvalue weighted by atomic mass is 16.5. The number of esters is 1. The van der Waals surface area contributed by atoms with E-state index in [2.05, 4.69) is 36.8 Å². The van der Waals surface area contributed by atoms with Crippen molar-refractivity contribution in [3.8, 4) is 6.07 Å². The maximum atomic E-state index is 10.2. The molecule has 3 nitrogen and oxygen atoms in total. The topological polar surface area (TPSA) is 50.1 Å². The van der Waals surface area contributed by atoms with Gasteiger partial charge in [0.15, 0.2) is 0 Å². The second kappa shape index (κ2) is 17.2. The molecule has 0 spiro atoms. The lowest BCUT2D eigenvalue weighted by Crippen LogP contribution is -1.98. The molecule has 0 aliphatic rings. The van der Waals surface area contributed by atoms with Crippen molar-refractivity contribution in [2.24, 2.45) is 0 Å². The lowest BCUT2D eigenvalue weighted by molar-refractivity contribution is -0.136. The number of nitriles is 1. The van der Waals surface area contributed by atoms with E-state index in [0.29, 0.717) is 5.57 Å². The first-order valence-electron chi connectivity index (χ1n) is 3.55. The Morgan fingerprint density at radius 1 is 1.50 bits per heavy atom. The van der Waals surface area contributed by atoms with Crippen LogP contribution in [0.3, 0.4) is 0 Å². The molecule has 0 aliphatic carbocycles. The molecule has 0 aromatic carbocycles. The molecule has 0 aliphatic heterocycles. The molecule has 0 N–H and O–H groups in total. The molecule has 76 valence electrons. The molecule has 0 unspecified atom stereocenters. The van der Waals surface area contributed by atoms with Crippen LogP contribution in [0.5, 0.6) is 0 Å². The van der Waals surface area contributed by atoms with E-state index in [9.17, 15) is 4.79 Å². The summed E-state index contributed by atoms with van der Waals surface area (Å²) in [6, 6.07) is 1.69. The summed E-state index contributed by atoms with van der Waals surface area (Å²) in [5, 5.41) is 7.51. The number of methoxy groups -OCH3 is 1. The third kappa shape index (κ3) is 32.5. The molecular weight excluding hydrogens is 178 g/mol. The smallest absolute Gasteiger partial charge is 0.332 e. The SMILES string of the molecule is C=C(C)C(=O)OC.C=C=C.C=CC#N. The lowest BCUT2D eigenvalue weighted by atomic mass is 10.4. The number of hydrogen-bond acceptors (Lipinski definition) is 3. The fraction of sp³-hybridized carbons (Fsp3) is 0.182. The predicted molar refractivity (Wildman–Crippen MR) is 57.4 cm³/mol. The van der Waals surface area contributed by atoms with Gasteiger partial charge in [-0.15, -0.1) is 5.73 Å². The molecule has 0 radical (unpaired) electrons. The van der Waals surface area contributed by atoms with E-state index < -0.39 is 0 Å². The minimum atomic E-state index is -0.347. The Labute approximate surface area is 85.3 Å². The van der Waals surface area contributed by atoms with Crippen LogP contribution in [0.25, 0.3) is 0 Å². The van der Waals surface area contributed by atoms with E-state index in [1.165, 1.54) is 13.2 Å². The Morgan fingerprint density at radius 3 is 1.79 bits per heavy atom. The van der Waals surface area contributed by atoms with Crippen LogP contribution in [-0.2, 0) is 9.53 Å². The maximum absolute atomic E-state index is 10.2. The van der Waals surface area contributed by atoms with Crippen LogP contribution in [-0.4, -0.2) is 13.1 Å². The monoisotopic (exact) mass is 193 g/mol. The van der Waals surface area contributed by atoms with Crippen molar-refractivity contribution >= 4 is 5.97 Å². The third-order valence-electron chi connectivity index (χ3n) is 0.625. The number of ether oxygens (including phenoxy) is 1. The van der Waals surface area contributed by atoms with Gasteiger partial charge in [-0.2, -0.15) is 5.26 Å². The lowest BCUT2D eigenvalue weighted by Gasteiger charge is -1.91. The van der Waals surface area contributed by atoms with Gasteiger partial charge < -0.3 is 4.74 Å². The van der Waals surface area contributed by atoms with Crippen LogP contribution in [0.4, 0.5) is 0 Å². The largest absolute Gasteiger partial charge is 0.466 e. The Kier molecular flexibility index (Phi) is 21.9.